The molecule has 0 aliphatic carbocycles. The Labute approximate surface area is 189 Å². The number of H-pyrrole nitrogens is 1. The van der Waals surface area contributed by atoms with Gasteiger partial charge in [0.25, 0.3) is 0 Å². The third-order valence-electron chi connectivity index (χ3n) is 6.26. The van der Waals surface area contributed by atoms with Gasteiger partial charge in [-0.1, -0.05) is 32.0 Å². The second kappa shape index (κ2) is 10.6. The second-order valence-electron chi connectivity index (χ2n) is 8.83. The van der Waals surface area contributed by atoms with Crippen molar-refractivity contribution in [3.63, 3.8) is 0 Å². The second-order valence-corrected chi connectivity index (χ2v) is 8.83. The topological polar surface area (TPSA) is 106 Å². The first-order valence-electron chi connectivity index (χ1n) is 11.4. The molecule has 1 fully saturated rings. The number of likely N-dealkylation sites (N-methyl/N-ethyl adjacent to an activating group) is 1. The lowest BCUT2D eigenvalue weighted by molar-refractivity contribution is -0.142. The molecule has 3 amide bonds. The number of nitrogens with one attached hydrogen (secondary N) is 4. The van der Waals surface area contributed by atoms with Crippen LogP contribution < -0.4 is 16.0 Å². The summed E-state index contributed by atoms with van der Waals surface area (Å²) in [6.07, 6.45) is 4.10. The molecule has 1 aliphatic heterocycles. The van der Waals surface area contributed by atoms with Gasteiger partial charge in [0.05, 0.1) is 6.04 Å². The fourth-order valence-electron chi connectivity index (χ4n) is 4.18. The molecule has 0 unspecified atom stereocenters. The van der Waals surface area contributed by atoms with E-state index in [0.717, 1.165) is 22.9 Å². The lowest BCUT2D eigenvalue weighted by Gasteiger charge is -2.31. The van der Waals surface area contributed by atoms with Crippen LogP contribution in [0.15, 0.2) is 30.5 Å². The zero-order valence-electron chi connectivity index (χ0n) is 19.4. The maximum absolute atomic E-state index is 13.3. The summed E-state index contributed by atoms with van der Waals surface area (Å²) >= 11 is 0. The summed E-state index contributed by atoms with van der Waals surface area (Å²) < 4.78 is 0. The van der Waals surface area contributed by atoms with Crippen LogP contribution in [0.5, 0.6) is 0 Å². The summed E-state index contributed by atoms with van der Waals surface area (Å²) in [5.41, 5.74) is 2.23. The molecule has 32 heavy (non-hydrogen) atoms. The van der Waals surface area contributed by atoms with Gasteiger partial charge in [0.1, 0.15) is 12.1 Å². The van der Waals surface area contributed by atoms with Crippen LogP contribution in [0.4, 0.5) is 0 Å². The van der Waals surface area contributed by atoms with Crippen LogP contribution in [0.25, 0.3) is 10.9 Å². The standard InChI is InChI=1S/C24H35N5O3/c1-15(2)21(28-22(30)16(3)25-4)24(32)29-13-7-10-20(29)23(31)26-12-11-17-14-27-19-9-6-5-8-18(17)19/h5-6,8-9,14-16,20-21,25,27H,7,10-13H2,1-4H3,(H,26,31)(H,28,30)/t16-,20-,21-/m0/s1. The first-order chi connectivity index (χ1) is 15.3. The van der Waals surface area contributed by atoms with Gasteiger partial charge < -0.3 is 25.8 Å². The molecule has 1 aliphatic rings. The molecule has 4 N–H and O–H groups in total. The molecule has 0 radical (unpaired) electrons. The summed E-state index contributed by atoms with van der Waals surface area (Å²) in [7, 11) is 1.70. The van der Waals surface area contributed by atoms with Crippen LogP contribution >= 0.6 is 0 Å². The molecular weight excluding hydrogens is 406 g/mol. The first kappa shape index (κ1) is 23.8. The van der Waals surface area contributed by atoms with Crippen molar-refractivity contribution in [3.8, 4) is 0 Å². The minimum absolute atomic E-state index is 0.0818. The number of fused-ring (bicyclic) bond motifs is 1. The van der Waals surface area contributed by atoms with E-state index in [9.17, 15) is 14.4 Å². The highest BCUT2D eigenvalue weighted by Gasteiger charge is 2.38. The van der Waals surface area contributed by atoms with Crippen molar-refractivity contribution in [1.29, 1.82) is 0 Å². The zero-order chi connectivity index (χ0) is 23.3. The number of carbonyl (C=O) groups is 3. The van der Waals surface area contributed by atoms with Crippen molar-refractivity contribution in [2.45, 2.75) is 58.2 Å². The van der Waals surface area contributed by atoms with Crippen LogP contribution in [0.1, 0.15) is 39.2 Å². The fourth-order valence-corrected chi connectivity index (χ4v) is 4.18. The first-order valence-corrected chi connectivity index (χ1v) is 11.4. The SMILES string of the molecule is CN[C@@H](C)C(=O)N[C@H](C(=O)N1CCC[C@H]1C(=O)NCCc1c[nH]c2ccccc12)C(C)C. The van der Waals surface area contributed by atoms with Gasteiger partial charge in [0.2, 0.25) is 17.7 Å². The molecule has 1 aromatic carbocycles. The van der Waals surface area contributed by atoms with Gasteiger partial charge in [-0.3, -0.25) is 14.4 Å². The number of hydrogen-bond donors (Lipinski definition) is 4. The number of likely N-dealkylation sites (tertiary alicyclic amines) is 1. The van der Waals surface area contributed by atoms with Crippen LogP contribution in [-0.4, -0.2) is 65.9 Å². The van der Waals surface area contributed by atoms with Crippen LogP contribution in [0, 0.1) is 5.92 Å². The van der Waals surface area contributed by atoms with E-state index in [0.29, 0.717) is 25.9 Å². The van der Waals surface area contributed by atoms with Gasteiger partial charge >= 0.3 is 0 Å². The molecule has 2 heterocycles. The molecule has 0 spiro atoms. The molecule has 0 saturated carbocycles. The van der Waals surface area contributed by atoms with Gasteiger partial charge in [-0.15, -0.1) is 0 Å². The molecule has 1 aromatic heterocycles. The third-order valence-corrected chi connectivity index (χ3v) is 6.26. The average Bonchev–Trinajstić information content (AvgIpc) is 3.43. The molecule has 8 nitrogen and oxygen atoms in total. The van der Waals surface area contributed by atoms with E-state index in [1.807, 2.05) is 38.2 Å². The van der Waals surface area contributed by atoms with Crippen molar-refractivity contribution < 1.29 is 14.4 Å². The quantitative estimate of drug-likeness (QED) is 0.474. The van der Waals surface area contributed by atoms with Crippen molar-refractivity contribution in [1.82, 2.24) is 25.8 Å². The Morgan fingerprint density at radius 2 is 1.94 bits per heavy atom. The highest BCUT2D eigenvalue weighted by molar-refractivity contribution is 5.93. The summed E-state index contributed by atoms with van der Waals surface area (Å²) in [5, 5.41) is 9.90. The van der Waals surface area contributed by atoms with Gasteiger partial charge in [-0.05, 0) is 50.8 Å². The fraction of sp³-hybridized carbons (Fsp3) is 0.542. The number of aromatic amines is 1. The Bertz CT molecular complexity index is 954. The van der Waals surface area contributed by atoms with E-state index in [-0.39, 0.29) is 23.6 Å². The van der Waals surface area contributed by atoms with E-state index in [2.05, 4.69) is 27.0 Å². The Hall–Kier alpha value is -2.87. The number of carbonyl (C=O) groups excluding carboxylic acids is 3. The Morgan fingerprint density at radius 1 is 1.19 bits per heavy atom. The molecule has 2 aromatic rings. The maximum Gasteiger partial charge on any atom is 0.246 e. The predicted octanol–water partition coefficient (Wildman–Crippen LogP) is 1.57. The minimum atomic E-state index is -0.655. The number of nitrogens with zero attached hydrogens (tertiary/aromatic N) is 1. The van der Waals surface area contributed by atoms with E-state index in [4.69, 9.17) is 0 Å². The number of benzene rings is 1. The van der Waals surface area contributed by atoms with E-state index >= 15 is 0 Å². The van der Waals surface area contributed by atoms with Crippen LogP contribution in [0.3, 0.4) is 0 Å². The van der Waals surface area contributed by atoms with E-state index in [1.165, 1.54) is 0 Å². The highest BCUT2D eigenvalue weighted by Crippen LogP contribution is 2.21. The third kappa shape index (κ3) is 5.30. The number of hydrogen-bond acceptors (Lipinski definition) is 4. The normalized spacial score (nSPS) is 18.0. The smallest absolute Gasteiger partial charge is 0.246 e. The average molecular weight is 442 g/mol. The van der Waals surface area contributed by atoms with Gasteiger partial charge in [-0.2, -0.15) is 0 Å². The molecule has 3 rings (SSSR count). The number of rotatable bonds is 9. The lowest BCUT2D eigenvalue weighted by atomic mass is 10.0. The Balaban J connectivity index is 1.59. The molecule has 174 valence electrons. The largest absolute Gasteiger partial charge is 0.361 e. The van der Waals surface area contributed by atoms with Crippen LogP contribution in [-0.2, 0) is 20.8 Å². The van der Waals surface area contributed by atoms with Gasteiger partial charge in [0, 0.05) is 30.2 Å². The van der Waals surface area contributed by atoms with Crippen molar-refractivity contribution in [3.05, 3.63) is 36.0 Å². The molecule has 8 heteroatoms. The Morgan fingerprint density at radius 3 is 2.66 bits per heavy atom. The van der Waals surface area contributed by atoms with Gasteiger partial charge in [-0.25, -0.2) is 0 Å². The summed E-state index contributed by atoms with van der Waals surface area (Å²) in [6.45, 7) is 6.58. The van der Waals surface area contributed by atoms with E-state index < -0.39 is 18.1 Å². The molecule has 0 bridgehead atoms. The van der Waals surface area contributed by atoms with Crippen LogP contribution in [0.2, 0.25) is 0 Å². The number of aromatic nitrogens is 1. The highest BCUT2D eigenvalue weighted by atomic mass is 16.2. The van der Waals surface area contributed by atoms with E-state index in [1.54, 1.807) is 18.9 Å². The zero-order valence-corrected chi connectivity index (χ0v) is 19.4. The summed E-state index contributed by atoms with van der Waals surface area (Å²) in [6, 6.07) is 6.54. The lowest BCUT2D eigenvalue weighted by Crippen LogP contribution is -2.57. The molecule has 3 atom stereocenters. The molecule has 1 saturated heterocycles. The Kier molecular flexibility index (Phi) is 7.90. The van der Waals surface area contributed by atoms with Crippen molar-refractivity contribution >= 4 is 28.6 Å². The number of amides is 3. The maximum atomic E-state index is 13.3. The summed E-state index contributed by atoms with van der Waals surface area (Å²) in [4.78, 5) is 43.4. The van der Waals surface area contributed by atoms with Crippen molar-refractivity contribution in [2.24, 2.45) is 5.92 Å². The molecular formula is C24H35N5O3. The summed E-state index contributed by atoms with van der Waals surface area (Å²) in [5.74, 6) is -0.626. The van der Waals surface area contributed by atoms with Crippen molar-refractivity contribution in [2.75, 3.05) is 20.1 Å². The monoisotopic (exact) mass is 441 g/mol. The van der Waals surface area contributed by atoms with Gasteiger partial charge in [0.15, 0.2) is 0 Å². The predicted molar refractivity (Wildman–Crippen MR) is 125 cm³/mol. The number of para-hydroxylation sites is 1. The minimum Gasteiger partial charge on any atom is -0.361 e.